The van der Waals surface area contributed by atoms with Crippen molar-refractivity contribution in [2.45, 2.75) is 19.8 Å². The largest absolute Gasteiger partial charge is 0.369 e. The molecule has 1 aliphatic heterocycles. The Morgan fingerprint density at radius 2 is 2.19 bits per heavy atom. The molecule has 3 rings (SSSR count). The van der Waals surface area contributed by atoms with Gasteiger partial charge < -0.3 is 11.1 Å². The van der Waals surface area contributed by atoms with Gasteiger partial charge >= 0.3 is 0 Å². The number of nitrogens with one attached hydrogen (secondary N) is 1. The first-order chi connectivity index (χ1) is 7.74. The number of aryl methyl sites for hydroxylation is 2. The van der Waals surface area contributed by atoms with E-state index in [1.807, 2.05) is 13.0 Å². The van der Waals surface area contributed by atoms with E-state index in [0.717, 1.165) is 47.5 Å². The number of hydrogen-bond acceptors (Lipinski definition) is 5. The summed E-state index contributed by atoms with van der Waals surface area (Å²) in [5.74, 6) is 1.14. The molecule has 0 aromatic carbocycles. The van der Waals surface area contributed by atoms with Crippen LogP contribution in [0.2, 0.25) is 0 Å². The SMILES string of the molecule is Cc1cc2nc(N)nc3c2c(n1)CCCN3. The van der Waals surface area contributed by atoms with Gasteiger partial charge in [0.15, 0.2) is 0 Å². The maximum Gasteiger partial charge on any atom is 0.222 e. The van der Waals surface area contributed by atoms with E-state index in [1.54, 1.807) is 0 Å². The molecule has 2 aromatic heterocycles. The van der Waals surface area contributed by atoms with E-state index in [1.165, 1.54) is 0 Å². The molecule has 16 heavy (non-hydrogen) atoms. The second kappa shape index (κ2) is 3.30. The van der Waals surface area contributed by atoms with Crippen molar-refractivity contribution in [2.24, 2.45) is 0 Å². The lowest BCUT2D eigenvalue weighted by Gasteiger charge is -2.08. The molecule has 0 atom stereocenters. The number of anilines is 2. The molecule has 0 amide bonds. The smallest absolute Gasteiger partial charge is 0.222 e. The number of rotatable bonds is 0. The lowest BCUT2D eigenvalue weighted by Crippen LogP contribution is -2.04. The molecule has 0 spiro atoms. The lowest BCUT2D eigenvalue weighted by atomic mass is 10.1. The molecule has 0 fully saturated rings. The highest BCUT2D eigenvalue weighted by Gasteiger charge is 2.15. The Balaban J connectivity index is 2.42. The first-order valence-electron chi connectivity index (χ1n) is 5.41. The summed E-state index contributed by atoms with van der Waals surface area (Å²) in [5.41, 5.74) is 8.64. The molecular weight excluding hydrogens is 202 g/mol. The van der Waals surface area contributed by atoms with Gasteiger partial charge in [0.25, 0.3) is 0 Å². The van der Waals surface area contributed by atoms with Gasteiger partial charge in [-0.05, 0) is 25.8 Å². The Bertz CT molecular complexity index is 517. The van der Waals surface area contributed by atoms with Crippen molar-refractivity contribution in [2.75, 3.05) is 17.6 Å². The number of hydrogen-bond donors (Lipinski definition) is 2. The number of aromatic nitrogens is 3. The predicted octanol–water partition coefficient (Wildman–Crippen LogP) is 1.27. The van der Waals surface area contributed by atoms with Crippen LogP contribution in [0.5, 0.6) is 0 Å². The Kier molecular flexibility index (Phi) is 1.92. The first-order valence-corrected chi connectivity index (χ1v) is 5.41. The molecule has 0 saturated carbocycles. The highest BCUT2D eigenvalue weighted by atomic mass is 15.1. The molecule has 1 aliphatic rings. The van der Waals surface area contributed by atoms with Crippen LogP contribution in [0.4, 0.5) is 11.8 Å². The zero-order valence-electron chi connectivity index (χ0n) is 9.12. The summed E-state index contributed by atoms with van der Waals surface area (Å²) in [6.07, 6.45) is 2.02. The van der Waals surface area contributed by atoms with Gasteiger partial charge in [-0.3, -0.25) is 4.98 Å². The van der Waals surface area contributed by atoms with E-state index in [2.05, 4.69) is 20.3 Å². The third kappa shape index (κ3) is 1.36. The third-order valence-electron chi connectivity index (χ3n) is 2.78. The van der Waals surface area contributed by atoms with Crippen LogP contribution in [0.15, 0.2) is 6.07 Å². The fraction of sp³-hybridized carbons (Fsp3) is 0.364. The van der Waals surface area contributed by atoms with Crippen molar-refractivity contribution < 1.29 is 0 Å². The molecule has 3 N–H and O–H groups in total. The molecule has 0 bridgehead atoms. The van der Waals surface area contributed by atoms with E-state index in [9.17, 15) is 0 Å². The van der Waals surface area contributed by atoms with Crippen LogP contribution >= 0.6 is 0 Å². The second-order valence-electron chi connectivity index (χ2n) is 4.07. The van der Waals surface area contributed by atoms with E-state index >= 15 is 0 Å². The van der Waals surface area contributed by atoms with Crippen molar-refractivity contribution >= 4 is 22.7 Å². The predicted molar refractivity (Wildman–Crippen MR) is 63.3 cm³/mol. The summed E-state index contributed by atoms with van der Waals surface area (Å²) in [5, 5.41) is 4.30. The molecule has 0 radical (unpaired) electrons. The molecule has 0 saturated heterocycles. The molecule has 2 aromatic rings. The van der Waals surface area contributed by atoms with Crippen LogP contribution in [-0.4, -0.2) is 21.5 Å². The van der Waals surface area contributed by atoms with E-state index < -0.39 is 0 Å². The third-order valence-corrected chi connectivity index (χ3v) is 2.78. The monoisotopic (exact) mass is 215 g/mol. The number of nitrogen functional groups attached to an aromatic ring is 1. The quantitative estimate of drug-likeness (QED) is 0.692. The lowest BCUT2D eigenvalue weighted by molar-refractivity contribution is 0.850. The Morgan fingerprint density at radius 3 is 3.06 bits per heavy atom. The summed E-state index contributed by atoms with van der Waals surface area (Å²) >= 11 is 0. The number of nitrogens with zero attached hydrogens (tertiary/aromatic N) is 3. The summed E-state index contributed by atoms with van der Waals surface area (Å²) < 4.78 is 0. The number of pyridine rings is 1. The minimum atomic E-state index is 0.313. The molecule has 5 nitrogen and oxygen atoms in total. The second-order valence-corrected chi connectivity index (χ2v) is 4.07. The standard InChI is InChI=1S/C11H13N5/c1-6-5-8-9-7(14-6)3-2-4-13-10(9)16-11(12)15-8/h5H,2-4H2,1H3,(H3,12,13,15,16). The van der Waals surface area contributed by atoms with Crippen molar-refractivity contribution in [3.63, 3.8) is 0 Å². The van der Waals surface area contributed by atoms with E-state index in [-0.39, 0.29) is 0 Å². The van der Waals surface area contributed by atoms with Gasteiger partial charge in [-0.25, -0.2) is 4.98 Å². The summed E-state index contributed by atoms with van der Waals surface area (Å²) in [6, 6.07) is 1.95. The van der Waals surface area contributed by atoms with Gasteiger partial charge in [0.2, 0.25) is 5.95 Å². The maximum atomic E-state index is 5.69. The maximum absolute atomic E-state index is 5.69. The molecule has 5 heteroatoms. The highest BCUT2D eigenvalue weighted by Crippen LogP contribution is 2.27. The van der Waals surface area contributed by atoms with Crippen molar-refractivity contribution in [3.05, 3.63) is 17.5 Å². The van der Waals surface area contributed by atoms with Crippen molar-refractivity contribution in [3.8, 4) is 0 Å². The van der Waals surface area contributed by atoms with E-state index in [4.69, 9.17) is 5.73 Å². The topological polar surface area (TPSA) is 76.7 Å². The van der Waals surface area contributed by atoms with Gasteiger partial charge in [0.1, 0.15) is 5.82 Å². The van der Waals surface area contributed by atoms with Gasteiger partial charge in [0, 0.05) is 12.2 Å². The fourth-order valence-electron chi connectivity index (χ4n) is 2.16. The van der Waals surface area contributed by atoms with Gasteiger partial charge in [0.05, 0.1) is 16.6 Å². The van der Waals surface area contributed by atoms with Gasteiger partial charge in [-0.15, -0.1) is 0 Å². The van der Waals surface area contributed by atoms with Crippen LogP contribution < -0.4 is 11.1 Å². The fourth-order valence-corrected chi connectivity index (χ4v) is 2.16. The van der Waals surface area contributed by atoms with E-state index in [0.29, 0.717) is 5.95 Å². The Hall–Kier alpha value is -1.91. The first kappa shape index (κ1) is 9.33. The number of nitrogens with two attached hydrogens (primary N) is 1. The summed E-state index contributed by atoms with van der Waals surface area (Å²) in [7, 11) is 0. The van der Waals surface area contributed by atoms with Crippen LogP contribution in [-0.2, 0) is 6.42 Å². The Morgan fingerprint density at radius 1 is 1.31 bits per heavy atom. The summed E-state index contributed by atoms with van der Waals surface area (Å²) in [6.45, 7) is 2.88. The minimum absolute atomic E-state index is 0.313. The minimum Gasteiger partial charge on any atom is -0.369 e. The molecule has 0 aliphatic carbocycles. The zero-order chi connectivity index (χ0) is 11.1. The van der Waals surface area contributed by atoms with Gasteiger partial charge in [-0.1, -0.05) is 0 Å². The van der Waals surface area contributed by atoms with Crippen LogP contribution in [0.1, 0.15) is 17.8 Å². The zero-order valence-corrected chi connectivity index (χ0v) is 9.12. The highest BCUT2D eigenvalue weighted by molar-refractivity contribution is 5.92. The Labute approximate surface area is 93.1 Å². The van der Waals surface area contributed by atoms with Crippen molar-refractivity contribution in [1.82, 2.24) is 15.0 Å². The summed E-state index contributed by atoms with van der Waals surface area (Å²) in [4.78, 5) is 13.1. The molecular formula is C11H13N5. The van der Waals surface area contributed by atoms with Crippen LogP contribution in [0, 0.1) is 6.92 Å². The molecule has 3 heterocycles. The van der Waals surface area contributed by atoms with Crippen molar-refractivity contribution in [1.29, 1.82) is 0 Å². The van der Waals surface area contributed by atoms with Gasteiger partial charge in [-0.2, -0.15) is 4.98 Å². The van der Waals surface area contributed by atoms with Crippen LogP contribution in [0.25, 0.3) is 10.9 Å². The average Bonchev–Trinajstić information content (AvgIpc) is 2.40. The normalized spacial score (nSPS) is 14.6. The van der Waals surface area contributed by atoms with Crippen LogP contribution in [0.3, 0.4) is 0 Å². The molecule has 0 unspecified atom stereocenters. The average molecular weight is 215 g/mol. The molecule has 82 valence electrons.